The molecule has 0 bridgehead atoms. The maximum Gasteiger partial charge on any atom is 0.252 e. The van der Waals surface area contributed by atoms with Crippen LogP contribution in [-0.2, 0) is 9.47 Å². The first-order chi connectivity index (χ1) is 20.1. The molecule has 1 spiro atoms. The molecule has 220 valence electrons. The molecule has 2 aliphatic rings. The fourth-order valence-corrected chi connectivity index (χ4v) is 5.91. The third kappa shape index (κ3) is 4.74. The minimum atomic E-state index is -1.89. The standard InChI is InChI=1S/C29H25ClF3N3O6/c30-17-5-4-14-2-1-3-18(19(14)10-17)28(40)35-23-6-7-41-29(23)27(39)25(26(38)22(13-37)42-29)36-12-16(11-34-36)15-8-20(31)24(33)21(32)9-15/h1-5,8-12,22-23,25-27,37-39H,6-7,13H2,(H,35,40)/t22-,23-,25+,26+,27-,29+/m1/s1. The van der Waals surface area contributed by atoms with E-state index in [-0.39, 0.29) is 24.2 Å². The molecule has 1 aromatic heterocycles. The summed E-state index contributed by atoms with van der Waals surface area (Å²) in [5, 5.41) is 41.6. The van der Waals surface area contributed by atoms with E-state index in [4.69, 9.17) is 21.1 Å². The second-order valence-electron chi connectivity index (χ2n) is 10.3. The van der Waals surface area contributed by atoms with Crippen molar-refractivity contribution in [2.45, 2.75) is 42.6 Å². The highest BCUT2D eigenvalue weighted by molar-refractivity contribution is 6.31. The van der Waals surface area contributed by atoms with E-state index in [9.17, 15) is 33.3 Å². The molecule has 3 aromatic carbocycles. The number of fused-ring (bicyclic) bond motifs is 1. The van der Waals surface area contributed by atoms with Gasteiger partial charge in [-0.1, -0.05) is 29.8 Å². The van der Waals surface area contributed by atoms with Crippen molar-refractivity contribution in [3.63, 3.8) is 0 Å². The van der Waals surface area contributed by atoms with Crippen LogP contribution in [0.25, 0.3) is 21.9 Å². The molecular weight excluding hydrogens is 579 g/mol. The molecule has 0 aliphatic carbocycles. The van der Waals surface area contributed by atoms with E-state index in [1.54, 1.807) is 30.3 Å². The highest BCUT2D eigenvalue weighted by Crippen LogP contribution is 2.43. The van der Waals surface area contributed by atoms with E-state index >= 15 is 0 Å². The van der Waals surface area contributed by atoms with Gasteiger partial charge in [-0.05, 0) is 53.1 Å². The Morgan fingerprint density at radius 2 is 1.88 bits per heavy atom. The molecule has 2 aliphatic heterocycles. The number of aliphatic hydroxyl groups excluding tert-OH is 3. The van der Waals surface area contributed by atoms with Crippen molar-refractivity contribution in [3.05, 3.63) is 89.0 Å². The minimum Gasteiger partial charge on any atom is -0.394 e. The minimum absolute atomic E-state index is 0.0282. The zero-order chi connectivity index (χ0) is 29.8. The first-order valence-corrected chi connectivity index (χ1v) is 13.5. The summed E-state index contributed by atoms with van der Waals surface area (Å²) in [5.74, 6) is -6.79. The molecule has 0 saturated carbocycles. The van der Waals surface area contributed by atoms with Crippen molar-refractivity contribution >= 4 is 28.3 Å². The van der Waals surface area contributed by atoms with Crippen molar-refractivity contribution in [2.75, 3.05) is 13.2 Å². The normalized spacial score (nSPS) is 27.5. The van der Waals surface area contributed by atoms with Crippen LogP contribution >= 0.6 is 11.6 Å². The lowest BCUT2D eigenvalue weighted by Crippen LogP contribution is -2.68. The fourth-order valence-electron chi connectivity index (χ4n) is 5.74. The summed E-state index contributed by atoms with van der Waals surface area (Å²) in [6.07, 6.45) is -1.65. The Hall–Kier alpha value is -3.52. The first-order valence-electron chi connectivity index (χ1n) is 13.1. The SMILES string of the molecule is O=C(N[C@@H]1CCO[C@]12O[C@H](CO)[C@H](O)[C@H](n1cc(-c3cc(F)c(F)c(F)c3)cn1)[C@H]2O)c1cccc2ccc(Cl)cc12. The number of aromatic nitrogens is 2. The lowest BCUT2D eigenvalue weighted by atomic mass is 9.86. The summed E-state index contributed by atoms with van der Waals surface area (Å²) in [7, 11) is 0. The van der Waals surface area contributed by atoms with Gasteiger partial charge in [-0.2, -0.15) is 5.10 Å². The van der Waals surface area contributed by atoms with Gasteiger partial charge in [-0.3, -0.25) is 9.48 Å². The summed E-state index contributed by atoms with van der Waals surface area (Å²) in [4.78, 5) is 13.5. The lowest BCUT2D eigenvalue weighted by Gasteiger charge is -2.49. The Bertz CT molecular complexity index is 1650. The van der Waals surface area contributed by atoms with Crippen LogP contribution in [0.1, 0.15) is 22.8 Å². The van der Waals surface area contributed by atoms with Gasteiger partial charge in [-0.25, -0.2) is 13.2 Å². The number of nitrogens with zero attached hydrogens (tertiary/aromatic N) is 2. The predicted octanol–water partition coefficient (Wildman–Crippen LogP) is 3.34. The third-order valence-corrected chi connectivity index (χ3v) is 8.06. The predicted molar refractivity (Wildman–Crippen MR) is 144 cm³/mol. The van der Waals surface area contributed by atoms with Crippen LogP contribution in [0.15, 0.2) is 60.9 Å². The summed E-state index contributed by atoms with van der Waals surface area (Å²) >= 11 is 6.17. The second-order valence-corrected chi connectivity index (χ2v) is 10.7. The molecule has 0 unspecified atom stereocenters. The van der Waals surface area contributed by atoms with Gasteiger partial charge in [0.15, 0.2) is 17.5 Å². The van der Waals surface area contributed by atoms with Crippen LogP contribution < -0.4 is 5.32 Å². The smallest absolute Gasteiger partial charge is 0.252 e. The molecular formula is C29H25ClF3N3O6. The molecule has 2 saturated heterocycles. The zero-order valence-corrected chi connectivity index (χ0v) is 22.5. The van der Waals surface area contributed by atoms with E-state index in [0.717, 1.165) is 22.2 Å². The number of rotatable bonds is 5. The highest BCUT2D eigenvalue weighted by atomic mass is 35.5. The van der Waals surface area contributed by atoms with Crippen molar-refractivity contribution in [1.82, 2.24) is 15.1 Å². The largest absolute Gasteiger partial charge is 0.394 e. The Balaban J connectivity index is 1.33. The van der Waals surface area contributed by atoms with Crippen molar-refractivity contribution in [1.29, 1.82) is 0 Å². The molecule has 6 atom stereocenters. The van der Waals surface area contributed by atoms with Gasteiger partial charge >= 0.3 is 0 Å². The van der Waals surface area contributed by atoms with Crippen LogP contribution in [0.2, 0.25) is 5.02 Å². The van der Waals surface area contributed by atoms with Gasteiger partial charge in [0.1, 0.15) is 24.4 Å². The number of carbonyl (C=O) groups is 1. The molecule has 2 fully saturated rings. The van der Waals surface area contributed by atoms with Gasteiger partial charge in [-0.15, -0.1) is 0 Å². The summed E-state index contributed by atoms with van der Waals surface area (Å²) in [6, 6.07) is 9.73. The van der Waals surface area contributed by atoms with Crippen LogP contribution in [0.3, 0.4) is 0 Å². The van der Waals surface area contributed by atoms with E-state index in [2.05, 4.69) is 10.4 Å². The molecule has 13 heteroatoms. The molecule has 0 radical (unpaired) electrons. The topological polar surface area (TPSA) is 126 Å². The van der Waals surface area contributed by atoms with E-state index in [1.807, 2.05) is 6.07 Å². The summed E-state index contributed by atoms with van der Waals surface area (Å²) in [5.41, 5.74) is 0.466. The molecule has 1 amide bonds. The van der Waals surface area contributed by atoms with Crippen molar-refractivity contribution < 1.29 is 42.8 Å². The fraction of sp³-hybridized carbons (Fsp3) is 0.310. The Labute approximate surface area is 242 Å². The van der Waals surface area contributed by atoms with Crippen LogP contribution in [0, 0.1) is 17.5 Å². The lowest BCUT2D eigenvalue weighted by molar-refractivity contribution is -0.344. The van der Waals surface area contributed by atoms with Crippen LogP contribution in [0.4, 0.5) is 13.2 Å². The molecule has 42 heavy (non-hydrogen) atoms. The van der Waals surface area contributed by atoms with Crippen molar-refractivity contribution in [3.8, 4) is 11.1 Å². The number of ether oxygens (including phenoxy) is 2. The average molecular weight is 604 g/mol. The van der Waals surface area contributed by atoms with Crippen LogP contribution in [0.5, 0.6) is 0 Å². The quantitative estimate of drug-likeness (QED) is 0.258. The summed E-state index contributed by atoms with van der Waals surface area (Å²) in [6.45, 7) is -0.594. The Kier molecular flexibility index (Phi) is 7.46. The first kappa shape index (κ1) is 28.6. The number of hydrogen-bond acceptors (Lipinski definition) is 7. The number of hydrogen-bond donors (Lipinski definition) is 4. The van der Waals surface area contributed by atoms with E-state index in [1.165, 1.54) is 12.4 Å². The molecule has 4 aromatic rings. The number of halogens is 4. The maximum atomic E-state index is 13.9. The Morgan fingerprint density at radius 1 is 1.12 bits per heavy atom. The number of amides is 1. The molecule has 4 N–H and O–H groups in total. The van der Waals surface area contributed by atoms with Gasteiger partial charge in [0, 0.05) is 22.3 Å². The van der Waals surface area contributed by atoms with Crippen LogP contribution in [-0.4, -0.2) is 74.4 Å². The van der Waals surface area contributed by atoms with Gasteiger partial charge < -0.3 is 30.1 Å². The van der Waals surface area contributed by atoms with Crippen molar-refractivity contribution in [2.24, 2.45) is 0 Å². The van der Waals surface area contributed by atoms with Gasteiger partial charge in [0.2, 0.25) is 5.79 Å². The molecule has 3 heterocycles. The van der Waals surface area contributed by atoms with Gasteiger partial charge in [0.05, 0.1) is 25.5 Å². The van der Waals surface area contributed by atoms with E-state index < -0.39 is 66.1 Å². The maximum absolute atomic E-state index is 13.9. The second kappa shape index (κ2) is 11.0. The Morgan fingerprint density at radius 3 is 2.62 bits per heavy atom. The zero-order valence-electron chi connectivity index (χ0n) is 21.8. The molecule has 6 rings (SSSR count). The van der Waals surface area contributed by atoms with E-state index in [0.29, 0.717) is 16.0 Å². The number of carbonyl (C=O) groups excluding carboxylic acids is 1. The average Bonchev–Trinajstić information content (AvgIpc) is 3.61. The number of aliphatic hydroxyl groups is 3. The highest BCUT2D eigenvalue weighted by Gasteiger charge is 2.62. The molecule has 9 nitrogen and oxygen atoms in total. The van der Waals surface area contributed by atoms with Gasteiger partial charge in [0.25, 0.3) is 5.91 Å². The monoisotopic (exact) mass is 603 g/mol. The third-order valence-electron chi connectivity index (χ3n) is 7.82. The number of benzene rings is 3. The summed E-state index contributed by atoms with van der Waals surface area (Å²) < 4.78 is 54.2. The number of nitrogens with one attached hydrogen (secondary N) is 1.